The zero-order valence-electron chi connectivity index (χ0n) is 16.4. The van der Waals surface area contributed by atoms with E-state index < -0.39 is 5.91 Å². The summed E-state index contributed by atoms with van der Waals surface area (Å²) >= 11 is 0. The first-order valence-electron chi connectivity index (χ1n) is 9.18. The third-order valence-electron chi connectivity index (χ3n) is 4.44. The Balaban J connectivity index is 2.43. The average molecular weight is 390 g/mol. The molecule has 0 bridgehead atoms. The number of halogens is 1. The van der Waals surface area contributed by atoms with Crippen molar-refractivity contribution in [1.82, 2.24) is 9.97 Å². The first kappa shape index (κ1) is 21.4. The lowest BCUT2D eigenvalue weighted by Crippen LogP contribution is -2.40. The number of ether oxygens (including phenoxy) is 1. The molecule has 2 atom stereocenters. The van der Waals surface area contributed by atoms with Crippen LogP contribution in [0.1, 0.15) is 43.5 Å². The summed E-state index contributed by atoms with van der Waals surface area (Å²) in [5.74, 6) is -0.445. The summed E-state index contributed by atoms with van der Waals surface area (Å²) in [6.45, 7) is 4.07. The average Bonchev–Trinajstić information content (AvgIpc) is 2.72. The molecule has 28 heavy (non-hydrogen) atoms. The van der Waals surface area contributed by atoms with Gasteiger partial charge in [-0.05, 0) is 18.9 Å². The number of nitrogens with two attached hydrogens (primary N) is 2. The van der Waals surface area contributed by atoms with Gasteiger partial charge in [0.2, 0.25) is 11.8 Å². The molecule has 152 valence electrons. The number of carbonyl (C=O) groups excluding carboxylic acids is 1. The fourth-order valence-corrected chi connectivity index (χ4v) is 2.81. The number of aromatic nitrogens is 2. The van der Waals surface area contributed by atoms with Crippen LogP contribution in [0.4, 0.5) is 21.5 Å². The first-order chi connectivity index (χ1) is 13.4. The highest BCUT2D eigenvalue weighted by molar-refractivity contribution is 5.93. The summed E-state index contributed by atoms with van der Waals surface area (Å²) in [5.41, 5.74) is 12.3. The lowest BCUT2D eigenvalue weighted by molar-refractivity contribution is 0.1000. The molecule has 2 aromatic heterocycles. The van der Waals surface area contributed by atoms with Crippen LogP contribution in [0.2, 0.25) is 0 Å². The van der Waals surface area contributed by atoms with Crippen molar-refractivity contribution < 1.29 is 14.0 Å². The SMILES string of the molecule is CCC[C@@H](Nc1cnc(OC)cc1N(F)c1cncc(C(N)=O)c1)[C@@H](N)CC. The van der Waals surface area contributed by atoms with Gasteiger partial charge in [-0.2, -0.15) is 5.12 Å². The molecule has 0 fully saturated rings. The molecule has 5 N–H and O–H groups in total. The van der Waals surface area contributed by atoms with Crippen molar-refractivity contribution in [2.24, 2.45) is 11.5 Å². The second kappa shape index (κ2) is 9.84. The van der Waals surface area contributed by atoms with Crippen LogP contribution in [0.15, 0.2) is 30.7 Å². The molecule has 8 nitrogen and oxygen atoms in total. The monoisotopic (exact) mass is 390 g/mol. The Morgan fingerprint density at radius 2 is 2.07 bits per heavy atom. The highest BCUT2D eigenvalue weighted by Crippen LogP contribution is 2.35. The number of hydrogen-bond donors (Lipinski definition) is 3. The van der Waals surface area contributed by atoms with Gasteiger partial charge in [-0.1, -0.05) is 24.7 Å². The van der Waals surface area contributed by atoms with E-state index in [0.29, 0.717) is 10.8 Å². The Morgan fingerprint density at radius 3 is 2.68 bits per heavy atom. The van der Waals surface area contributed by atoms with Gasteiger partial charge in [0.1, 0.15) is 5.69 Å². The molecule has 0 aliphatic carbocycles. The molecule has 0 saturated heterocycles. The smallest absolute Gasteiger partial charge is 0.250 e. The van der Waals surface area contributed by atoms with Crippen LogP contribution >= 0.6 is 0 Å². The van der Waals surface area contributed by atoms with Crippen molar-refractivity contribution in [2.45, 2.75) is 45.2 Å². The van der Waals surface area contributed by atoms with E-state index >= 15 is 4.48 Å². The minimum Gasteiger partial charge on any atom is -0.481 e. The second-order valence-electron chi connectivity index (χ2n) is 6.43. The summed E-state index contributed by atoms with van der Waals surface area (Å²) in [4.78, 5) is 19.4. The normalized spacial score (nSPS) is 12.9. The largest absolute Gasteiger partial charge is 0.481 e. The summed E-state index contributed by atoms with van der Waals surface area (Å²) in [7, 11) is 1.45. The van der Waals surface area contributed by atoms with Crippen molar-refractivity contribution in [3.63, 3.8) is 0 Å². The number of rotatable bonds is 10. The van der Waals surface area contributed by atoms with E-state index in [-0.39, 0.29) is 34.9 Å². The van der Waals surface area contributed by atoms with Crippen LogP contribution in [0, 0.1) is 0 Å². The van der Waals surface area contributed by atoms with E-state index in [1.165, 1.54) is 37.8 Å². The second-order valence-corrected chi connectivity index (χ2v) is 6.43. The number of primary amides is 1. The van der Waals surface area contributed by atoms with Crippen LogP contribution in [-0.4, -0.2) is 35.1 Å². The first-order valence-corrected chi connectivity index (χ1v) is 9.18. The molecular formula is C19H27FN6O2. The molecule has 2 aromatic rings. The van der Waals surface area contributed by atoms with Gasteiger partial charge < -0.3 is 21.5 Å². The van der Waals surface area contributed by atoms with Gasteiger partial charge >= 0.3 is 0 Å². The minimum absolute atomic E-state index is 0.0487. The maximum Gasteiger partial charge on any atom is 0.250 e. The van der Waals surface area contributed by atoms with Gasteiger partial charge in [0, 0.05) is 24.3 Å². The molecule has 1 amide bonds. The van der Waals surface area contributed by atoms with Gasteiger partial charge in [0.25, 0.3) is 0 Å². The lowest BCUT2D eigenvalue weighted by atomic mass is 10.0. The number of anilines is 3. The fourth-order valence-electron chi connectivity index (χ4n) is 2.81. The topological polar surface area (TPSA) is 119 Å². The quantitative estimate of drug-likeness (QED) is 0.534. The maximum absolute atomic E-state index is 15.3. The predicted molar refractivity (Wildman–Crippen MR) is 107 cm³/mol. The fraction of sp³-hybridized carbons (Fsp3) is 0.421. The molecule has 2 heterocycles. The van der Waals surface area contributed by atoms with E-state index in [9.17, 15) is 4.79 Å². The van der Waals surface area contributed by atoms with Crippen molar-refractivity contribution in [3.8, 4) is 5.88 Å². The predicted octanol–water partition coefficient (Wildman–Crippen LogP) is 2.92. The molecule has 0 unspecified atom stereocenters. The molecule has 0 spiro atoms. The van der Waals surface area contributed by atoms with Crippen molar-refractivity contribution in [3.05, 3.63) is 36.3 Å². The Hall–Kier alpha value is -2.94. The van der Waals surface area contributed by atoms with E-state index in [4.69, 9.17) is 16.2 Å². The van der Waals surface area contributed by atoms with Crippen molar-refractivity contribution in [1.29, 1.82) is 0 Å². The molecule has 2 rings (SSSR count). The van der Waals surface area contributed by atoms with Crippen LogP contribution in [0.5, 0.6) is 5.88 Å². The number of pyridine rings is 2. The molecule has 0 aliphatic heterocycles. The molecule has 0 aliphatic rings. The lowest BCUT2D eigenvalue weighted by Gasteiger charge is -2.27. The number of methoxy groups -OCH3 is 1. The third kappa shape index (κ3) is 5.07. The number of hydrogen-bond acceptors (Lipinski definition) is 7. The van der Waals surface area contributed by atoms with Gasteiger partial charge in [-0.15, -0.1) is 0 Å². The molecule has 0 radical (unpaired) electrons. The highest BCUT2D eigenvalue weighted by Gasteiger charge is 2.21. The van der Waals surface area contributed by atoms with Crippen LogP contribution in [0.3, 0.4) is 0 Å². The third-order valence-corrected chi connectivity index (χ3v) is 4.44. The summed E-state index contributed by atoms with van der Waals surface area (Å²) in [6, 6.07) is 2.64. The Labute approximate surface area is 164 Å². The Morgan fingerprint density at radius 1 is 1.32 bits per heavy atom. The zero-order valence-corrected chi connectivity index (χ0v) is 16.4. The summed E-state index contributed by atoms with van der Waals surface area (Å²) in [5, 5.41) is 3.71. The van der Waals surface area contributed by atoms with E-state index in [1.54, 1.807) is 0 Å². The van der Waals surface area contributed by atoms with Crippen LogP contribution < -0.4 is 26.6 Å². The molecular weight excluding hydrogens is 363 g/mol. The summed E-state index contributed by atoms with van der Waals surface area (Å²) in [6.07, 6.45) is 6.60. The maximum atomic E-state index is 15.3. The highest BCUT2D eigenvalue weighted by atomic mass is 19.2. The minimum atomic E-state index is -0.690. The van der Waals surface area contributed by atoms with Crippen molar-refractivity contribution >= 4 is 23.0 Å². The summed E-state index contributed by atoms with van der Waals surface area (Å²) < 4.78 is 20.4. The van der Waals surface area contributed by atoms with Gasteiger partial charge in [0.15, 0.2) is 0 Å². The van der Waals surface area contributed by atoms with Crippen molar-refractivity contribution in [2.75, 3.05) is 17.5 Å². The number of amides is 1. The number of nitrogens with one attached hydrogen (secondary N) is 1. The van der Waals surface area contributed by atoms with E-state index in [2.05, 4.69) is 22.2 Å². The van der Waals surface area contributed by atoms with E-state index in [1.807, 2.05) is 6.92 Å². The Kier molecular flexibility index (Phi) is 7.51. The van der Waals surface area contributed by atoms with Crippen LogP contribution in [-0.2, 0) is 0 Å². The van der Waals surface area contributed by atoms with E-state index in [0.717, 1.165) is 19.3 Å². The molecule has 0 saturated carbocycles. The molecule has 0 aromatic carbocycles. The van der Waals surface area contributed by atoms with Gasteiger partial charge in [-0.25, -0.2) is 4.98 Å². The van der Waals surface area contributed by atoms with Gasteiger partial charge in [-0.3, -0.25) is 9.78 Å². The Bertz CT molecular complexity index is 804. The zero-order chi connectivity index (χ0) is 20.7. The van der Waals surface area contributed by atoms with Crippen LogP contribution in [0.25, 0.3) is 0 Å². The van der Waals surface area contributed by atoms with Gasteiger partial charge in [0.05, 0.1) is 36.4 Å². The number of carbonyl (C=O) groups is 1. The standard InChI is InChI=1S/C19H27FN6O2/c1-4-6-15(14(21)5-2)25-16-11-24-18(28-3)8-17(16)26(20)13-7-12(19(22)27)9-23-10-13/h7-11,14-15,25H,4-6,21H2,1-3H3,(H2,22,27)/t14-,15+/m0/s1. The molecule has 9 heteroatoms. The number of nitrogens with zero attached hydrogens (tertiary/aromatic N) is 3.